The molecule has 2 amide bonds. The van der Waals surface area contributed by atoms with Crippen molar-refractivity contribution in [3.63, 3.8) is 0 Å². The monoisotopic (exact) mass is 358 g/mol. The molecule has 0 aromatic heterocycles. The Kier molecular flexibility index (Phi) is 5.00. The fraction of sp³-hybridized carbons (Fsp3) is 0.600. The van der Waals surface area contributed by atoms with Gasteiger partial charge in [0.2, 0.25) is 18.6 Å². The molecule has 6 nitrogen and oxygen atoms in total. The van der Waals surface area contributed by atoms with Crippen molar-refractivity contribution in [2.45, 2.75) is 51.0 Å². The van der Waals surface area contributed by atoms with Gasteiger partial charge in [-0.2, -0.15) is 0 Å². The second kappa shape index (κ2) is 7.56. The minimum atomic E-state index is -0.0000585. The number of carbonyl (C=O) groups is 2. The van der Waals surface area contributed by atoms with Gasteiger partial charge >= 0.3 is 0 Å². The van der Waals surface area contributed by atoms with E-state index >= 15 is 0 Å². The van der Waals surface area contributed by atoms with Crippen LogP contribution in [0.15, 0.2) is 18.2 Å². The van der Waals surface area contributed by atoms with E-state index in [-0.39, 0.29) is 30.6 Å². The number of likely N-dealkylation sites (tertiary alicyclic amines) is 1. The fourth-order valence-electron chi connectivity index (χ4n) is 4.22. The predicted molar refractivity (Wildman–Crippen MR) is 96.0 cm³/mol. The number of fused-ring (bicyclic) bond motifs is 1. The third-order valence-electron chi connectivity index (χ3n) is 5.62. The molecule has 2 heterocycles. The van der Waals surface area contributed by atoms with E-state index < -0.39 is 0 Å². The smallest absolute Gasteiger partial charge is 0.231 e. The molecule has 1 aromatic carbocycles. The molecule has 6 heteroatoms. The van der Waals surface area contributed by atoms with Crippen LogP contribution in [0.3, 0.4) is 0 Å². The quantitative estimate of drug-likeness (QED) is 0.896. The van der Waals surface area contributed by atoms with Crippen molar-refractivity contribution in [3.8, 4) is 11.5 Å². The van der Waals surface area contributed by atoms with Crippen LogP contribution in [-0.2, 0) is 16.0 Å². The Hall–Kier alpha value is -2.24. The van der Waals surface area contributed by atoms with E-state index in [1.807, 2.05) is 23.1 Å². The summed E-state index contributed by atoms with van der Waals surface area (Å²) >= 11 is 0. The van der Waals surface area contributed by atoms with Gasteiger partial charge in [-0.15, -0.1) is 0 Å². The number of carbonyl (C=O) groups excluding carboxylic acids is 2. The first-order valence-corrected chi connectivity index (χ1v) is 9.66. The molecule has 4 rings (SSSR count). The van der Waals surface area contributed by atoms with Gasteiger partial charge in [-0.05, 0) is 56.2 Å². The number of nitrogens with zero attached hydrogens (tertiary/aromatic N) is 1. The summed E-state index contributed by atoms with van der Waals surface area (Å²) in [6, 6.07) is 5.70. The van der Waals surface area contributed by atoms with Gasteiger partial charge in [-0.25, -0.2) is 0 Å². The number of amides is 2. The Morgan fingerprint density at radius 3 is 2.73 bits per heavy atom. The maximum Gasteiger partial charge on any atom is 0.231 e. The second-order valence-corrected chi connectivity index (χ2v) is 7.52. The lowest BCUT2D eigenvalue weighted by atomic mass is 10.0. The van der Waals surface area contributed by atoms with Crippen LogP contribution < -0.4 is 14.8 Å². The molecule has 1 saturated heterocycles. The van der Waals surface area contributed by atoms with Crippen LogP contribution in [0.25, 0.3) is 0 Å². The molecule has 0 bridgehead atoms. The van der Waals surface area contributed by atoms with Crippen molar-refractivity contribution >= 4 is 11.8 Å². The van der Waals surface area contributed by atoms with E-state index in [0.717, 1.165) is 56.5 Å². The molecule has 0 spiro atoms. The SMILES string of the molecule is O=C(Cc1ccc2c(c1)OCO2)N[C@H]1CC[C@@H](C(=O)N2CCCCC2)C1. The molecule has 3 aliphatic rings. The van der Waals surface area contributed by atoms with Gasteiger partial charge in [-0.3, -0.25) is 9.59 Å². The molecule has 2 fully saturated rings. The summed E-state index contributed by atoms with van der Waals surface area (Å²) in [6.07, 6.45) is 6.32. The summed E-state index contributed by atoms with van der Waals surface area (Å²) in [7, 11) is 0. The average molecular weight is 358 g/mol. The number of hydrogen-bond donors (Lipinski definition) is 1. The van der Waals surface area contributed by atoms with E-state index in [2.05, 4.69) is 5.32 Å². The number of rotatable bonds is 4. The molecule has 1 saturated carbocycles. The normalized spacial score (nSPS) is 24.5. The molecular formula is C20H26N2O4. The lowest BCUT2D eigenvalue weighted by Crippen LogP contribution is -2.40. The Balaban J connectivity index is 1.26. The molecule has 1 N–H and O–H groups in total. The van der Waals surface area contributed by atoms with Crippen molar-refractivity contribution in [3.05, 3.63) is 23.8 Å². The number of piperidine rings is 1. The maximum absolute atomic E-state index is 12.6. The molecule has 1 aromatic rings. The number of hydrogen-bond acceptors (Lipinski definition) is 4. The van der Waals surface area contributed by atoms with Gasteiger partial charge < -0.3 is 19.7 Å². The average Bonchev–Trinajstić information content (AvgIpc) is 3.30. The van der Waals surface area contributed by atoms with Gasteiger partial charge in [0, 0.05) is 25.0 Å². The Bertz CT molecular complexity index is 684. The zero-order valence-electron chi connectivity index (χ0n) is 15.0. The summed E-state index contributed by atoms with van der Waals surface area (Å²) in [6.45, 7) is 2.03. The van der Waals surface area contributed by atoms with E-state index in [4.69, 9.17) is 9.47 Å². The molecule has 140 valence electrons. The third-order valence-corrected chi connectivity index (χ3v) is 5.62. The van der Waals surface area contributed by atoms with E-state index in [9.17, 15) is 9.59 Å². The summed E-state index contributed by atoms with van der Waals surface area (Å²) in [5.74, 6) is 1.79. The van der Waals surface area contributed by atoms with Gasteiger partial charge in [0.15, 0.2) is 11.5 Å². The van der Waals surface area contributed by atoms with Crippen LogP contribution in [0.1, 0.15) is 44.1 Å². The van der Waals surface area contributed by atoms with Gasteiger partial charge in [0.1, 0.15) is 0 Å². The summed E-state index contributed by atoms with van der Waals surface area (Å²) in [5, 5.41) is 3.10. The largest absolute Gasteiger partial charge is 0.454 e. The second-order valence-electron chi connectivity index (χ2n) is 7.52. The lowest BCUT2D eigenvalue weighted by molar-refractivity contribution is -0.136. The molecular weight excluding hydrogens is 332 g/mol. The predicted octanol–water partition coefficient (Wildman–Crippen LogP) is 2.26. The number of nitrogens with one attached hydrogen (secondary N) is 1. The zero-order valence-corrected chi connectivity index (χ0v) is 15.0. The minimum absolute atomic E-state index is 0.0000585. The standard InChI is InChI=1S/C20H26N2O4/c23-19(11-14-4-7-17-18(10-14)26-13-25-17)21-16-6-5-15(12-16)20(24)22-8-2-1-3-9-22/h4,7,10,15-16H,1-3,5-6,8-9,11-13H2,(H,21,23)/t15-,16+/m1/s1. The van der Waals surface area contributed by atoms with Crippen LogP contribution in [0.2, 0.25) is 0 Å². The molecule has 2 atom stereocenters. The topological polar surface area (TPSA) is 67.9 Å². The molecule has 0 unspecified atom stereocenters. The van der Waals surface area contributed by atoms with Crippen LogP contribution in [0, 0.1) is 5.92 Å². The van der Waals surface area contributed by atoms with Crippen molar-refractivity contribution in [2.75, 3.05) is 19.9 Å². The maximum atomic E-state index is 12.6. The van der Waals surface area contributed by atoms with Crippen LogP contribution in [0.4, 0.5) is 0 Å². The van der Waals surface area contributed by atoms with Gasteiger partial charge in [0.25, 0.3) is 0 Å². The van der Waals surface area contributed by atoms with E-state index in [1.165, 1.54) is 6.42 Å². The minimum Gasteiger partial charge on any atom is -0.454 e. The molecule has 2 aliphatic heterocycles. The highest BCUT2D eigenvalue weighted by Crippen LogP contribution is 2.33. The molecule has 0 radical (unpaired) electrons. The number of ether oxygens (including phenoxy) is 2. The first-order chi connectivity index (χ1) is 12.7. The van der Waals surface area contributed by atoms with Crippen molar-refractivity contribution in [2.24, 2.45) is 5.92 Å². The summed E-state index contributed by atoms with van der Waals surface area (Å²) in [5.41, 5.74) is 0.908. The molecule has 1 aliphatic carbocycles. The van der Waals surface area contributed by atoms with Crippen molar-refractivity contribution in [1.29, 1.82) is 0 Å². The van der Waals surface area contributed by atoms with Crippen molar-refractivity contribution < 1.29 is 19.1 Å². The van der Waals surface area contributed by atoms with Gasteiger partial charge in [0.05, 0.1) is 6.42 Å². The van der Waals surface area contributed by atoms with E-state index in [0.29, 0.717) is 12.2 Å². The van der Waals surface area contributed by atoms with Crippen LogP contribution in [0.5, 0.6) is 11.5 Å². The van der Waals surface area contributed by atoms with Crippen LogP contribution >= 0.6 is 0 Å². The van der Waals surface area contributed by atoms with E-state index in [1.54, 1.807) is 0 Å². The first kappa shape index (κ1) is 17.2. The number of benzene rings is 1. The highest BCUT2D eigenvalue weighted by atomic mass is 16.7. The third kappa shape index (κ3) is 3.79. The highest BCUT2D eigenvalue weighted by Gasteiger charge is 2.33. The highest BCUT2D eigenvalue weighted by molar-refractivity contribution is 5.81. The summed E-state index contributed by atoms with van der Waals surface area (Å²) in [4.78, 5) is 27.0. The summed E-state index contributed by atoms with van der Waals surface area (Å²) < 4.78 is 10.6. The first-order valence-electron chi connectivity index (χ1n) is 9.66. The van der Waals surface area contributed by atoms with Gasteiger partial charge in [-0.1, -0.05) is 6.07 Å². The van der Waals surface area contributed by atoms with Crippen molar-refractivity contribution in [1.82, 2.24) is 10.2 Å². The van der Waals surface area contributed by atoms with Crippen LogP contribution in [-0.4, -0.2) is 42.6 Å². The lowest BCUT2D eigenvalue weighted by Gasteiger charge is -2.29. The fourth-order valence-corrected chi connectivity index (χ4v) is 4.22. The molecule has 26 heavy (non-hydrogen) atoms. The Morgan fingerprint density at radius 2 is 1.88 bits per heavy atom. The Labute approximate surface area is 153 Å². The Morgan fingerprint density at radius 1 is 1.08 bits per heavy atom. The zero-order chi connectivity index (χ0) is 17.9.